The number of sulfone groups is 1. The smallest absolute Gasteiger partial charge is 0.148 e. The summed E-state index contributed by atoms with van der Waals surface area (Å²) in [6.45, 7) is 2.55. The van der Waals surface area contributed by atoms with Gasteiger partial charge in [0, 0.05) is 34.8 Å². The van der Waals surface area contributed by atoms with Crippen molar-refractivity contribution in [1.82, 2.24) is 5.32 Å². The zero-order valence-corrected chi connectivity index (χ0v) is 13.4. The highest BCUT2D eigenvalue weighted by Gasteiger charge is 2.24. The monoisotopic (exact) mass is 347 g/mol. The topological polar surface area (TPSA) is 55.4 Å². The van der Waals surface area contributed by atoms with E-state index in [2.05, 4.69) is 21.2 Å². The Labute approximate surface area is 122 Å². The predicted octanol–water partition coefficient (Wildman–Crippen LogP) is 2.30. The first kappa shape index (κ1) is 14.8. The molecule has 0 fully saturated rings. The molecule has 0 saturated heterocycles. The molecule has 2 rings (SSSR count). The molecule has 0 aromatic heterocycles. The molecule has 1 aromatic carbocycles. The number of halogens is 1. The van der Waals surface area contributed by atoms with Gasteiger partial charge in [0.15, 0.2) is 0 Å². The molecule has 0 amide bonds. The number of hydrogen-bond acceptors (Lipinski definition) is 4. The Morgan fingerprint density at radius 3 is 2.95 bits per heavy atom. The van der Waals surface area contributed by atoms with Crippen molar-refractivity contribution < 1.29 is 13.2 Å². The number of hydrogen-bond donors (Lipinski definition) is 1. The molecular weight excluding hydrogens is 330 g/mol. The van der Waals surface area contributed by atoms with Crippen LogP contribution >= 0.6 is 15.9 Å². The van der Waals surface area contributed by atoms with E-state index in [4.69, 9.17) is 4.74 Å². The van der Waals surface area contributed by atoms with E-state index in [9.17, 15) is 8.42 Å². The molecule has 19 heavy (non-hydrogen) atoms. The standard InChI is InChI=1S/C13H18BrNO3S/c1-9(8-19(2,16)17)15-12-5-6-18-13-4-3-10(14)7-11(12)13/h3-4,7,9,12,15H,5-6,8H2,1-2H3. The number of fused-ring (bicyclic) bond motifs is 1. The molecule has 0 spiro atoms. The molecule has 6 heteroatoms. The van der Waals surface area contributed by atoms with Crippen LogP contribution in [0.3, 0.4) is 0 Å². The van der Waals surface area contributed by atoms with E-state index in [1.807, 2.05) is 25.1 Å². The van der Waals surface area contributed by atoms with Gasteiger partial charge in [-0.3, -0.25) is 0 Å². The van der Waals surface area contributed by atoms with Crippen molar-refractivity contribution in [2.45, 2.75) is 25.4 Å². The second kappa shape index (κ2) is 5.81. The van der Waals surface area contributed by atoms with Crippen molar-refractivity contribution in [2.75, 3.05) is 18.6 Å². The summed E-state index contributed by atoms with van der Waals surface area (Å²) < 4.78 is 29.2. The van der Waals surface area contributed by atoms with E-state index in [0.29, 0.717) is 6.61 Å². The largest absolute Gasteiger partial charge is 0.493 e. The van der Waals surface area contributed by atoms with Gasteiger partial charge in [0.05, 0.1) is 12.4 Å². The van der Waals surface area contributed by atoms with Crippen LogP contribution in [0.15, 0.2) is 22.7 Å². The first-order valence-electron chi connectivity index (χ1n) is 6.21. The Bertz CT molecular complexity index is 559. The summed E-state index contributed by atoms with van der Waals surface area (Å²) in [5.41, 5.74) is 1.08. The predicted molar refractivity (Wildman–Crippen MR) is 79.3 cm³/mol. The second-order valence-electron chi connectivity index (χ2n) is 5.03. The summed E-state index contributed by atoms with van der Waals surface area (Å²) in [5.74, 6) is 1.02. The summed E-state index contributed by atoms with van der Waals surface area (Å²) in [4.78, 5) is 0. The Morgan fingerprint density at radius 1 is 1.53 bits per heavy atom. The van der Waals surface area contributed by atoms with E-state index in [0.717, 1.165) is 22.2 Å². The average Bonchev–Trinajstić information content (AvgIpc) is 2.27. The number of benzene rings is 1. The lowest BCUT2D eigenvalue weighted by molar-refractivity contribution is 0.247. The van der Waals surface area contributed by atoms with Gasteiger partial charge in [-0.2, -0.15) is 0 Å². The third-order valence-corrected chi connectivity index (χ3v) is 4.65. The molecule has 1 heterocycles. The lowest BCUT2D eigenvalue weighted by atomic mass is 10.00. The summed E-state index contributed by atoms with van der Waals surface area (Å²) in [6, 6.07) is 5.97. The van der Waals surface area contributed by atoms with Crippen molar-refractivity contribution >= 4 is 25.8 Å². The van der Waals surface area contributed by atoms with Gasteiger partial charge in [-0.05, 0) is 25.1 Å². The number of nitrogens with one attached hydrogen (secondary N) is 1. The van der Waals surface area contributed by atoms with Crippen molar-refractivity contribution in [3.63, 3.8) is 0 Å². The molecule has 1 aliphatic rings. The normalized spacial score (nSPS) is 20.5. The Hall–Kier alpha value is -0.590. The van der Waals surface area contributed by atoms with Crippen LogP contribution in [0, 0.1) is 0 Å². The van der Waals surface area contributed by atoms with E-state index in [-0.39, 0.29) is 17.8 Å². The molecule has 2 atom stereocenters. The van der Waals surface area contributed by atoms with Crippen LogP contribution < -0.4 is 10.1 Å². The summed E-state index contributed by atoms with van der Waals surface area (Å²) in [7, 11) is -2.96. The minimum absolute atomic E-state index is 0.0788. The van der Waals surface area contributed by atoms with Gasteiger partial charge in [-0.25, -0.2) is 8.42 Å². The second-order valence-corrected chi connectivity index (χ2v) is 8.13. The summed E-state index contributed by atoms with van der Waals surface area (Å²) in [6.07, 6.45) is 2.11. The van der Waals surface area contributed by atoms with Crippen LogP contribution in [0.1, 0.15) is 24.9 Å². The maximum atomic E-state index is 11.3. The lowest BCUT2D eigenvalue weighted by Crippen LogP contribution is -2.37. The first-order valence-corrected chi connectivity index (χ1v) is 9.06. The van der Waals surface area contributed by atoms with E-state index in [1.54, 1.807) is 0 Å². The molecule has 1 aromatic rings. The molecule has 1 N–H and O–H groups in total. The van der Waals surface area contributed by atoms with Crippen molar-refractivity contribution in [3.8, 4) is 5.75 Å². The fourth-order valence-corrected chi connectivity index (χ4v) is 3.77. The first-order chi connectivity index (χ1) is 8.85. The molecule has 1 aliphatic heterocycles. The minimum atomic E-state index is -2.96. The number of rotatable bonds is 4. The summed E-state index contributed by atoms with van der Waals surface area (Å²) in [5, 5.41) is 3.38. The van der Waals surface area contributed by atoms with Crippen molar-refractivity contribution in [2.24, 2.45) is 0 Å². The van der Waals surface area contributed by atoms with Crippen LogP contribution in [0.2, 0.25) is 0 Å². The van der Waals surface area contributed by atoms with Gasteiger partial charge < -0.3 is 10.1 Å². The minimum Gasteiger partial charge on any atom is -0.493 e. The van der Waals surface area contributed by atoms with Gasteiger partial charge in [0.1, 0.15) is 15.6 Å². The molecule has 2 unspecified atom stereocenters. The molecule has 0 saturated carbocycles. The fourth-order valence-electron chi connectivity index (χ4n) is 2.38. The van der Waals surface area contributed by atoms with Crippen LogP contribution in [0.25, 0.3) is 0 Å². The van der Waals surface area contributed by atoms with Crippen LogP contribution in [-0.2, 0) is 9.84 Å². The summed E-state index contributed by atoms with van der Waals surface area (Å²) >= 11 is 3.45. The molecule has 0 bridgehead atoms. The van der Waals surface area contributed by atoms with Crippen molar-refractivity contribution in [1.29, 1.82) is 0 Å². The Morgan fingerprint density at radius 2 is 2.26 bits per heavy atom. The van der Waals surface area contributed by atoms with Gasteiger partial charge >= 0.3 is 0 Å². The van der Waals surface area contributed by atoms with E-state index >= 15 is 0 Å². The molecule has 106 valence electrons. The van der Waals surface area contributed by atoms with Gasteiger partial charge in [0.2, 0.25) is 0 Å². The average molecular weight is 348 g/mol. The third kappa shape index (κ3) is 4.19. The van der Waals surface area contributed by atoms with E-state index < -0.39 is 9.84 Å². The maximum Gasteiger partial charge on any atom is 0.148 e. The molecule has 0 radical (unpaired) electrons. The highest BCUT2D eigenvalue weighted by Crippen LogP contribution is 2.34. The highest BCUT2D eigenvalue weighted by molar-refractivity contribution is 9.10. The van der Waals surface area contributed by atoms with Gasteiger partial charge in [0.25, 0.3) is 0 Å². The lowest BCUT2D eigenvalue weighted by Gasteiger charge is -2.29. The molecular formula is C13H18BrNO3S. The van der Waals surface area contributed by atoms with Crippen molar-refractivity contribution in [3.05, 3.63) is 28.2 Å². The quantitative estimate of drug-likeness (QED) is 0.907. The Kier molecular flexibility index (Phi) is 4.53. The molecule has 4 nitrogen and oxygen atoms in total. The number of ether oxygens (including phenoxy) is 1. The fraction of sp³-hybridized carbons (Fsp3) is 0.538. The van der Waals surface area contributed by atoms with E-state index in [1.165, 1.54) is 6.26 Å². The van der Waals surface area contributed by atoms with Crippen LogP contribution in [0.4, 0.5) is 0 Å². The Balaban J connectivity index is 2.13. The SMILES string of the molecule is CC(CS(C)(=O)=O)NC1CCOc2ccc(Br)cc21. The highest BCUT2D eigenvalue weighted by atomic mass is 79.9. The van der Waals surface area contributed by atoms with Crippen LogP contribution in [0.5, 0.6) is 5.75 Å². The van der Waals surface area contributed by atoms with Gasteiger partial charge in [-0.1, -0.05) is 15.9 Å². The van der Waals surface area contributed by atoms with Gasteiger partial charge in [-0.15, -0.1) is 0 Å². The van der Waals surface area contributed by atoms with Crippen LogP contribution in [-0.4, -0.2) is 33.1 Å². The zero-order valence-electron chi connectivity index (χ0n) is 11.0. The molecule has 0 aliphatic carbocycles. The third-order valence-electron chi connectivity index (χ3n) is 3.05. The zero-order chi connectivity index (χ0) is 14.0. The maximum absolute atomic E-state index is 11.3.